The Morgan fingerprint density at radius 2 is 1.52 bits per heavy atom. The zero-order valence-corrected chi connectivity index (χ0v) is 29.3. The molecule has 4 aromatic carbocycles. The van der Waals surface area contributed by atoms with Gasteiger partial charge in [0.1, 0.15) is 22.8 Å². The van der Waals surface area contributed by atoms with Crippen LogP contribution in [0.25, 0.3) is 55.2 Å². The van der Waals surface area contributed by atoms with Crippen molar-refractivity contribution in [3.05, 3.63) is 147 Å². The molecule has 3 heterocycles. The van der Waals surface area contributed by atoms with Gasteiger partial charge in [-0.2, -0.15) is 0 Å². The Morgan fingerprint density at radius 3 is 2.28 bits per heavy atom. The van der Waals surface area contributed by atoms with E-state index in [2.05, 4.69) is 20.6 Å². The molecule has 11 nitrogen and oxygen atoms in total. The number of aromatic nitrogens is 2. The Hall–Kier alpha value is -6.98. The number of esters is 1. The summed E-state index contributed by atoms with van der Waals surface area (Å²) in [7, 11) is 1.30. The van der Waals surface area contributed by atoms with Crippen LogP contribution >= 0.6 is 11.6 Å². The van der Waals surface area contributed by atoms with Crippen LogP contribution in [-0.4, -0.2) is 39.2 Å². The molecule has 0 radical (unpaired) electrons. The summed E-state index contributed by atoms with van der Waals surface area (Å²) in [6, 6.07) is 29.6. The maximum absolute atomic E-state index is 13.9. The average Bonchev–Trinajstić information content (AvgIpc) is 3.19. The topological polar surface area (TPSA) is 164 Å². The van der Waals surface area contributed by atoms with Crippen molar-refractivity contribution in [1.29, 1.82) is 0 Å². The van der Waals surface area contributed by atoms with E-state index >= 15 is 0 Å². The molecule has 0 saturated heterocycles. The van der Waals surface area contributed by atoms with Crippen LogP contribution in [0.1, 0.15) is 32.0 Å². The first-order valence-corrected chi connectivity index (χ1v) is 17.2. The van der Waals surface area contributed by atoms with Crippen molar-refractivity contribution in [1.82, 2.24) is 9.97 Å². The number of benzene rings is 5. The van der Waals surface area contributed by atoms with Crippen molar-refractivity contribution in [3.8, 4) is 28.2 Å². The highest BCUT2D eigenvalue weighted by Crippen LogP contribution is 2.46. The molecule has 2 aromatic heterocycles. The fourth-order valence-corrected chi connectivity index (χ4v) is 7.00. The standard InChI is InChI=1S/C42H29ClN4O7/c1-53-42(52)25-11-3-2-10-24(25)35-26-15-17-34(48)28(20-45-31-12-4-7-22-9-6-18-44-36(22)31)39(26)54-40-27(35)19-30(43)38(49)29(40)21-46-32-13-5-8-23-14-16-33(41(50)51)47-37(23)32/h2-19,45-46,48H,20-21H2,1H3,(H,50,51). The number of carboxylic acids is 1. The summed E-state index contributed by atoms with van der Waals surface area (Å²) in [6.45, 7) is 0.0000993. The molecule has 0 fully saturated rings. The van der Waals surface area contributed by atoms with Gasteiger partial charge in [0.25, 0.3) is 0 Å². The normalized spacial score (nSPS) is 11.3. The summed E-state index contributed by atoms with van der Waals surface area (Å²) in [5, 5.41) is 29.7. The van der Waals surface area contributed by atoms with Crippen LogP contribution in [0.3, 0.4) is 0 Å². The van der Waals surface area contributed by atoms with E-state index in [0.29, 0.717) is 44.2 Å². The lowest BCUT2D eigenvalue weighted by Crippen LogP contribution is -2.17. The molecule has 266 valence electrons. The van der Waals surface area contributed by atoms with Crippen molar-refractivity contribution < 1.29 is 29.0 Å². The van der Waals surface area contributed by atoms with E-state index in [4.69, 9.17) is 20.8 Å². The highest BCUT2D eigenvalue weighted by molar-refractivity contribution is 6.31. The number of carboxylic acid groups (broad SMARTS) is 1. The molecule has 8 rings (SSSR count). The zero-order chi connectivity index (χ0) is 37.5. The number of nitrogens with one attached hydrogen (secondary N) is 2. The first kappa shape index (κ1) is 34.1. The molecule has 0 spiro atoms. The first-order valence-electron chi connectivity index (χ1n) is 16.8. The minimum Gasteiger partial charge on any atom is -0.507 e. The molecule has 1 aliphatic heterocycles. The molecule has 6 aromatic rings. The molecular formula is C42H29ClN4O7. The van der Waals surface area contributed by atoms with E-state index in [1.807, 2.05) is 30.3 Å². The van der Waals surface area contributed by atoms with Crippen molar-refractivity contribution >= 4 is 67.7 Å². The van der Waals surface area contributed by atoms with E-state index in [-0.39, 0.29) is 52.0 Å². The Balaban J connectivity index is 1.35. The largest absolute Gasteiger partial charge is 0.507 e. The van der Waals surface area contributed by atoms with Crippen LogP contribution in [-0.2, 0) is 17.8 Å². The van der Waals surface area contributed by atoms with Gasteiger partial charge in [-0.15, -0.1) is 0 Å². The lowest BCUT2D eigenvalue weighted by Gasteiger charge is -2.22. The van der Waals surface area contributed by atoms with E-state index in [1.165, 1.54) is 19.2 Å². The van der Waals surface area contributed by atoms with E-state index in [1.54, 1.807) is 66.9 Å². The SMILES string of the molecule is COC(=O)c1ccccc1-c1c2cc(Cl)c(=O)c(CNc3cccc4ccc(C(=O)O)nc34)c-2oc2c(CNc3cccc4cccnc34)c(O)ccc12. The summed E-state index contributed by atoms with van der Waals surface area (Å²) in [6.07, 6.45) is 1.70. The molecule has 4 N–H and O–H groups in total. The number of phenols is 1. The third-order valence-corrected chi connectivity index (χ3v) is 9.63. The molecular weight excluding hydrogens is 708 g/mol. The average molecular weight is 737 g/mol. The number of aromatic carboxylic acids is 1. The van der Waals surface area contributed by atoms with Crippen molar-refractivity contribution in [2.75, 3.05) is 17.7 Å². The molecule has 1 aliphatic carbocycles. The van der Waals surface area contributed by atoms with Crippen molar-refractivity contribution in [3.63, 3.8) is 0 Å². The Morgan fingerprint density at radius 1 is 0.815 bits per heavy atom. The molecule has 0 atom stereocenters. The van der Waals surface area contributed by atoms with Gasteiger partial charge in [0.15, 0.2) is 0 Å². The second-order valence-electron chi connectivity index (χ2n) is 12.5. The number of ether oxygens (including phenoxy) is 1. The molecule has 0 bridgehead atoms. The van der Waals surface area contributed by atoms with Gasteiger partial charge in [-0.05, 0) is 54.1 Å². The molecule has 2 aliphatic rings. The van der Waals surface area contributed by atoms with Crippen LogP contribution in [0.2, 0.25) is 5.02 Å². The number of para-hydroxylation sites is 2. The van der Waals surface area contributed by atoms with Crippen LogP contribution in [0.4, 0.5) is 11.4 Å². The molecule has 0 amide bonds. The third kappa shape index (κ3) is 5.96. The summed E-state index contributed by atoms with van der Waals surface area (Å²) in [5.41, 5.74) is 4.24. The Bertz CT molecular complexity index is 2830. The number of fused-ring (bicyclic) bond motifs is 4. The van der Waals surface area contributed by atoms with Crippen molar-refractivity contribution in [2.24, 2.45) is 0 Å². The van der Waals surface area contributed by atoms with Gasteiger partial charge in [0.2, 0.25) is 5.43 Å². The number of hydrogen-bond acceptors (Lipinski definition) is 10. The molecule has 0 saturated carbocycles. The van der Waals surface area contributed by atoms with Crippen LogP contribution in [0.5, 0.6) is 5.75 Å². The van der Waals surface area contributed by atoms with Crippen molar-refractivity contribution in [2.45, 2.75) is 13.1 Å². The van der Waals surface area contributed by atoms with E-state index in [9.17, 15) is 24.6 Å². The van der Waals surface area contributed by atoms with Gasteiger partial charge in [-0.3, -0.25) is 9.78 Å². The zero-order valence-electron chi connectivity index (χ0n) is 28.5. The minimum absolute atomic E-state index is 0.0643. The number of hydrogen-bond donors (Lipinski definition) is 4. The molecule has 12 heteroatoms. The number of nitrogens with zero attached hydrogens (tertiary/aromatic N) is 2. The number of carbonyl (C=O) groups is 2. The van der Waals surface area contributed by atoms with Gasteiger partial charge in [0.05, 0.1) is 51.2 Å². The minimum atomic E-state index is -1.18. The number of anilines is 2. The van der Waals surface area contributed by atoms with E-state index in [0.717, 1.165) is 16.6 Å². The fraction of sp³-hybridized carbons (Fsp3) is 0.0714. The monoisotopic (exact) mass is 736 g/mol. The van der Waals surface area contributed by atoms with Gasteiger partial charge >= 0.3 is 11.9 Å². The van der Waals surface area contributed by atoms with E-state index < -0.39 is 17.4 Å². The maximum Gasteiger partial charge on any atom is 0.354 e. The number of halogens is 1. The van der Waals surface area contributed by atoms with Gasteiger partial charge < -0.3 is 30.0 Å². The second-order valence-corrected chi connectivity index (χ2v) is 12.9. The highest BCUT2D eigenvalue weighted by Gasteiger charge is 2.28. The first-order chi connectivity index (χ1) is 26.2. The quantitative estimate of drug-likeness (QED) is 0.0827. The lowest BCUT2D eigenvalue weighted by atomic mass is 9.88. The Kier molecular flexibility index (Phi) is 8.76. The smallest absolute Gasteiger partial charge is 0.354 e. The number of carbonyl (C=O) groups excluding carboxylic acids is 1. The number of methoxy groups -OCH3 is 1. The fourth-order valence-electron chi connectivity index (χ4n) is 6.78. The van der Waals surface area contributed by atoms with Gasteiger partial charge in [-0.25, -0.2) is 14.6 Å². The number of phenolic OH excluding ortho intramolecular Hbond substituents is 1. The molecule has 0 unspecified atom stereocenters. The van der Waals surface area contributed by atoms with Crippen LogP contribution in [0.15, 0.2) is 119 Å². The third-order valence-electron chi connectivity index (χ3n) is 9.34. The predicted molar refractivity (Wildman–Crippen MR) is 208 cm³/mol. The van der Waals surface area contributed by atoms with Gasteiger partial charge in [0, 0.05) is 46.6 Å². The summed E-state index contributed by atoms with van der Waals surface area (Å²) >= 11 is 6.68. The van der Waals surface area contributed by atoms with Crippen LogP contribution in [0, 0.1) is 0 Å². The van der Waals surface area contributed by atoms with Gasteiger partial charge in [-0.1, -0.05) is 66.2 Å². The summed E-state index contributed by atoms with van der Waals surface area (Å²) < 4.78 is 11.8. The number of pyridine rings is 2. The Labute approximate surface area is 311 Å². The summed E-state index contributed by atoms with van der Waals surface area (Å²) in [5.74, 6) is -1.65. The van der Waals surface area contributed by atoms with Crippen LogP contribution < -0.4 is 16.1 Å². The lowest BCUT2D eigenvalue weighted by molar-refractivity contribution is 0.0600. The highest BCUT2D eigenvalue weighted by atomic mass is 35.5. The number of rotatable bonds is 9. The maximum atomic E-state index is 13.9. The second kappa shape index (κ2) is 13.9. The molecule has 54 heavy (non-hydrogen) atoms. The number of aromatic hydroxyl groups is 1. The summed E-state index contributed by atoms with van der Waals surface area (Å²) in [4.78, 5) is 47.7. The predicted octanol–water partition coefficient (Wildman–Crippen LogP) is 8.73.